The van der Waals surface area contributed by atoms with Crippen LogP contribution in [-0.4, -0.2) is 57.0 Å². The van der Waals surface area contributed by atoms with Gasteiger partial charge in [-0.2, -0.15) is 0 Å². The maximum atomic E-state index is 11.9. The first kappa shape index (κ1) is 13.6. The fourth-order valence-electron chi connectivity index (χ4n) is 2.11. The third kappa shape index (κ3) is 2.19. The summed E-state index contributed by atoms with van der Waals surface area (Å²) < 4.78 is 22.4. The molecule has 5 atom stereocenters. The van der Waals surface area contributed by atoms with Crippen molar-refractivity contribution in [3.05, 3.63) is 22.8 Å². The van der Waals surface area contributed by atoms with E-state index < -0.39 is 39.5 Å². The highest BCUT2D eigenvalue weighted by Gasteiger charge is 2.63. The summed E-state index contributed by atoms with van der Waals surface area (Å²) in [4.78, 5) is 13.0. The predicted molar refractivity (Wildman–Crippen MR) is 59.5 cm³/mol. The fraction of sp³-hybridized carbons (Fsp3) is 0.778. The maximum absolute atomic E-state index is 11.9. The molecule has 18 heavy (non-hydrogen) atoms. The van der Waals surface area contributed by atoms with Gasteiger partial charge in [-0.1, -0.05) is 6.58 Å². The fourth-order valence-corrected chi connectivity index (χ4v) is 3.27. The molecule has 0 spiro atoms. The predicted octanol–water partition coefficient (Wildman–Crippen LogP) is -1.02. The van der Waals surface area contributed by atoms with Crippen LogP contribution in [0.5, 0.6) is 0 Å². The van der Waals surface area contributed by atoms with Crippen molar-refractivity contribution in [2.24, 2.45) is 0 Å². The number of rotatable bonds is 5. The van der Waals surface area contributed by atoms with Crippen molar-refractivity contribution in [2.45, 2.75) is 23.2 Å². The van der Waals surface area contributed by atoms with E-state index in [4.69, 9.17) is 9.47 Å². The summed E-state index contributed by atoms with van der Waals surface area (Å²) in [6, 6.07) is 0. The van der Waals surface area contributed by atoms with E-state index >= 15 is 0 Å². The molecule has 8 nitrogen and oxygen atoms in total. The number of aliphatic hydroxyl groups is 1. The molecule has 0 aromatic heterocycles. The van der Waals surface area contributed by atoms with Crippen LogP contribution < -0.4 is 0 Å². The van der Waals surface area contributed by atoms with E-state index in [-0.39, 0.29) is 19.0 Å². The number of hydrogen-bond donors (Lipinski definition) is 1. The first-order valence-corrected chi connectivity index (χ1v) is 6.57. The van der Waals surface area contributed by atoms with E-state index in [2.05, 4.69) is 11.4 Å². The van der Waals surface area contributed by atoms with Crippen molar-refractivity contribution in [3.8, 4) is 0 Å². The lowest BCUT2D eigenvalue weighted by atomic mass is 10.1. The van der Waals surface area contributed by atoms with Gasteiger partial charge in [-0.3, -0.25) is 0 Å². The van der Waals surface area contributed by atoms with Gasteiger partial charge in [0.05, 0.1) is 6.61 Å². The van der Waals surface area contributed by atoms with Crippen molar-refractivity contribution >= 4 is 11.2 Å². The highest BCUT2D eigenvalue weighted by atomic mass is 32.2. The first-order chi connectivity index (χ1) is 8.49. The Balaban J connectivity index is 2.08. The van der Waals surface area contributed by atoms with Crippen molar-refractivity contribution in [2.75, 3.05) is 19.0 Å². The second-order valence-corrected chi connectivity index (χ2v) is 5.77. The quantitative estimate of drug-likeness (QED) is 0.296. The molecular weight excluding hydrogens is 266 g/mol. The van der Waals surface area contributed by atoms with Gasteiger partial charge in [0.15, 0.2) is 12.2 Å². The minimum Gasteiger partial charge on any atom is -0.614 e. The van der Waals surface area contributed by atoms with Gasteiger partial charge >= 0.3 is 0 Å². The molecule has 0 radical (unpaired) electrons. The molecule has 0 bridgehead atoms. The minimum atomic E-state index is -1.67. The van der Waals surface area contributed by atoms with E-state index in [0.717, 1.165) is 0 Å². The largest absolute Gasteiger partial charge is 0.614 e. The SMILES string of the molecule is C=CC[S@@+]([O-])[C@]1(O)CO[C@@H]2[C@H](O[N+](=O)[O-])CO[C@@H]21. The Bertz CT molecular complexity index is 354. The standard InChI is InChI=1S/C9H13NO7S/c1-2-3-18(14)9(11)5-16-7-6(17-10(12)13)4-15-8(7)9/h2,6-8,11H,1,3-5H2/t6-,7-,8+,9-,18-/m1/s1. The highest BCUT2D eigenvalue weighted by molar-refractivity contribution is 7.92. The van der Waals surface area contributed by atoms with Gasteiger partial charge in [-0.05, 0) is 17.3 Å². The summed E-state index contributed by atoms with van der Waals surface area (Å²) in [6.45, 7) is 3.16. The molecule has 1 N–H and O–H groups in total. The van der Waals surface area contributed by atoms with Gasteiger partial charge in [0.25, 0.3) is 10.0 Å². The molecule has 102 valence electrons. The van der Waals surface area contributed by atoms with E-state index in [0.29, 0.717) is 0 Å². The average molecular weight is 279 g/mol. The Hall–Kier alpha value is -0.870. The second kappa shape index (κ2) is 5.02. The molecule has 0 aromatic rings. The molecule has 2 heterocycles. The number of fused-ring (bicyclic) bond motifs is 1. The van der Waals surface area contributed by atoms with Crippen LogP contribution in [0.25, 0.3) is 0 Å². The van der Waals surface area contributed by atoms with Crippen LogP contribution in [0.4, 0.5) is 0 Å². The lowest BCUT2D eigenvalue weighted by Crippen LogP contribution is -2.51. The first-order valence-electron chi connectivity index (χ1n) is 5.25. The summed E-state index contributed by atoms with van der Waals surface area (Å²) in [6.07, 6.45) is -1.15. The van der Waals surface area contributed by atoms with Crippen LogP contribution in [0.2, 0.25) is 0 Å². The Morgan fingerprint density at radius 1 is 1.67 bits per heavy atom. The van der Waals surface area contributed by atoms with Crippen molar-refractivity contribution in [1.82, 2.24) is 0 Å². The molecule has 0 unspecified atom stereocenters. The molecule has 0 amide bonds. The molecule has 2 saturated heterocycles. The topological polar surface area (TPSA) is 114 Å². The van der Waals surface area contributed by atoms with Crippen molar-refractivity contribution in [1.29, 1.82) is 0 Å². The molecule has 2 rings (SSSR count). The van der Waals surface area contributed by atoms with Crippen LogP contribution >= 0.6 is 0 Å². The number of hydrogen-bond acceptors (Lipinski definition) is 7. The van der Waals surface area contributed by atoms with Crippen LogP contribution in [-0.2, 0) is 25.5 Å². The zero-order valence-corrected chi connectivity index (χ0v) is 10.2. The molecule has 0 aromatic carbocycles. The van der Waals surface area contributed by atoms with Gasteiger partial charge in [0.2, 0.25) is 0 Å². The Morgan fingerprint density at radius 3 is 3.00 bits per heavy atom. The summed E-state index contributed by atoms with van der Waals surface area (Å²) >= 11 is -1.64. The Kier molecular flexibility index (Phi) is 3.78. The third-order valence-electron chi connectivity index (χ3n) is 2.92. The van der Waals surface area contributed by atoms with Crippen molar-refractivity contribution < 1.29 is 29.1 Å². The van der Waals surface area contributed by atoms with E-state index in [1.165, 1.54) is 6.08 Å². The normalized spacial score (nSPS) is 40.2. The molecule has 9 heteroatoms. The van der Waals surface area contributed by atoms with Gasteiger partial charge < -0.3 is 24.0 Å². The van der Waals surface area contributed by atoms with Gasteiger partial charge in [-0.25, -0.2) is 0 Å². The summed E-state index contributed by atoms with van der Waals surface area (Å²) in [7, 11) is 0. The number of ether oxygens (including phenoxy) is 2. The van der Waals surface area contributed by atoms with Crippen LogP contribution in [0.1, 0.15) is 0 Å². The summed E-state index contributed by atoms with van der Waals surface area (Å²) in [5.41, 5.74) is 0. The zero-order valence-electron chi connectivity index (χ0n) is 9.39. The van der Waals surface area contributed by atoms with Crippen LogP contribution in [0, 0.1) is 10.1 Å². The Labute approximate surface area is 106 Å². The minimum absolute atomic E-state index is 0.0795. The smallest absolute Gasteiger partial charge is 0.294 e. The molecule has 2 fully saturated rings. The molecular formula is C9H13NO7S. The second-order valence-electron chi connectivity index (χ2n) is 4.04. The number of nitrogens with zero attached hydrogens (tertiary/aromatic N) is 1. The van der Waals surface area contributed by atoms with Crippen molar-refractivity contribution in [3.63, 3.8) is 0 Å². The Morgan fingerprint density at radius 2 is 2.39 bits per heavy atom. The molecule has 2 aliphatic heterocycles. The third-order valence-corrected chi connectivity index (χ3v) is 4.59. The zero-order chi connectivity index (χ0) is 13.3. The van der Waals surface area contributed by atoms with E-state index in [1.807, 2.05) is 0 Å². The molecule has 0 saturated carbocycles. The lowest BCUT2D eigenvalue weighted by molar-refractivity contribution is -0.769. The van der Waals surface area contributed by atoms with Crippen LogP contribution in [0.3, 0.4) is 0 Å². The molecule has 2 aliphatic rings. The summed E-state index contributed by atoms with van der Waals surface area (Å²) in [5, 5.41) is 19.6. The monoisotopic (exact) mass is 279 g/mol. The molecule has 0 aliphatic carbocycles. The lowest BCUT2D eigenvalue weighted by Gasteiger charge is -2.28. The van der Waals surface area contributed by atoms with Crippen LogP contribution in [0.15, 0.2) is 12.7 Å². The van der Waals surface area contributed by atoms with Gasteiger partial charge in [0, 0.05) is 0 Å². The summed E-state index contributed by atoms with van der Waals surface area (Å²) in [5.74, 6) is 0.0905. The van der Waals surface area contributed by atoms with E-state index in [9.17, 15) is 19.8 Å². The van der Waals surface area contributed by atoms with E-state index in [1.54, 1.807) is 0 Å². The van der Waals surface area contributed by atoms with Gasteiger partial charge in [0.1, 0.15) is 18.5 Å². The maximum Gasteiger partial charge on any atom is 0.294 e. The highest BCUT2D eigenvalue weighted by Crippen LogP contribution is 2.38. The average Bonchev–Trinajstić information content (AvgIpc) is 2.83. The van der Waals surface area contributed by atoms with Gasteiger partial charge in [-0.15, -0.1) is 10.1 Å².